The van der Waals surface area contributed by atoms with Crippen LogP contribution in [0.3, 0.4) is 0 Å². The standard InChI is InChI=1S/C53H95N7O28/c1-54-32(63)11-5-2-8-14-55-35(66)21-60(22-36(67)56-15-9-3-6-12-33(64)58-17-19-81-50-46(77)44(75)40(71)30(87-50)26-83-52-48(79)42(73)38(69)28(24-61)85-52)23-37(68)57-16-10-4-7-13-34(65)59-18-20-82-51-47(78)45(76)41(72)31(88-51)27-84-53-49(80)43(74)39(70)29(25-62)86-53/h28-31,38-53,61-62,69-80H,2-27H2,1H3,(H,54,63)(H,55,66)(H,56,67)(H,57,68)(H,58,64)(H,59,65). The molecule has 0 aromatic rings. The van der Waals surface area contributed by atoms with Gasteiger partial charge in [0.1, 0.15) is 97.7 Å². The highest BCUT2D eigenvalue weighted by atomic mass is 16.7. The number of hydrogen-bond donors (Lipinski definition) is 20. The summed E-state index contributed by atoms with van der Waals surface area (Å²) in [7, 11) is 1.55. The lowest BCUT2D eigenvalue weighted by Gasteiger charge is -2.42. The van der Waals surface area contributed by atoms with Crippen molar-refractivity contribution in [3.05, 3.63) is 0 Å². The molecule has 20 unspecified atom stereocenters. The average Bonchev–Trinajstić information content (AvgIpc) is 2.44. The number of aliphatic hydroxyl groups is 14. The molecule has 0 aromatic carbocycles. The molecule has 88 heavy (non-hydrogen) atoms. The van der Waals surface area contributed by atoms with Gasteiger partial charge in [-0.15, -0.1) is 0 Å². The molecule has 4 aliphatic rings. The first-order chi connectivity index (χ1) is 42.0. The van der Waals surface area contributed by atoms with Gasteiger partial charge in [-0.3, -0.25) is 33.7 Å². The Morgan fingerprint density at radius 1 is 0.341 bits per heavy atom. The summed E-state index contributed by atoms with van der Waals surface area (Å²) in [5, 5.41) is 158. The zero-order valence-electron chi connectivity index (χ0n) is 49.4. The van der Waals surface area contributed by atoms with Gasteiger partial charge in [-0.05, 0) is 38.5 Å². The molecule has 4 saturated heterocycles. The fourth-order valence-corrected chi connectivity index (χ4v) is 9.60. The molecular formula is C53H95N7O28. The number of ether oxygens (including phenoxy) is 8. The third-order valence-corrected chi connectivity index (χ3v) is 14.9. The van der Waals surface area contributed by atoms with E-state index in [0.717, 1.165) is 0 Å². The molecular weight excluding hydrogens is 1180 g/mol. The molecule has 4 fully saturated rings. The van der Waals surface area contributed by atoms with Gasteiger partial charge < -0.3 is 141 Å². The Labute approximate surface area is 508 Å². The van der Waals surface area contributed by atoms with Crippen LogP contribution in [0.1, 0.15) is 77.0 Å². The highest BCUT2D eigenvalue weighted by Gasteiger charge is 2.49. The first-order valence-electron chi connectivity index (χ1n) is 29.7. The van der Waals surface area contributed by atoms with Crippen LogP contribution in [0.15, 0.2) is 0 Å². The highest BCUT2D eigenvalue weighted by molar-refractivity contribution is 5.84. The van der Waals surface area contributed by atoms with E-state index in [2.05, 4.69) is 31.9 Å². The molecule has 6 amide bonds. The third-order valence-electron chi connectivity index (χ3n) is 14.9. The topological polar surface area (TPSA) is 535 Å². The molecule has 20 N–H and O–H groups in total. The number of carbonyl (C=O) groups excluding carboxylic acids is 6. The molecule has 0 aliphatic carbocycles. The number of nitrogens with zero attached hydrogens (tertiary/aromatic N) is 1. The van der Waals surface area contributed by atoms with E-state index >= 15 is 0 Å². The van der Waals surface area contributed by atoms with Gasteiger partial charge in [0.05, 0.1) is 59.3 Å². The minimum Gasteiger partial charge on any atom is -0.394 e. The largest absolute Gasteiger partial charge is 0.394 e. The van der Waals surface area contributed by atoms with E-state index in [1.54, 1.807) is 7.05 Å². The second kappa shape index (κ2) is 40.7. The van der Waals surface area contributed by atoms with Crippen molar-refractivity contribution in [2.75, 3.05) is 99.0 Å². The molecule has 0 aromatic heterocycles. The lowest BCUT2D eigenvalue weighted by Crippen LogP contribution is -2.61. The third kappa shape index (κ3) is 25.5. The number of nitrogens with one attached hydrogen (secondary N) is 6. The van der Waals surface area contributed by atoms with Gasteiger partial charge >= 0.3 is 0 Å². The van der Waals surface area contributed by atoms with Crippen LogP contribution in [-0.4, -0.2) is 334 Å². The Morgan fingerprint density at radius 2 is 0.625 bits per heavy atom. The summed E-state index contributed by atoms with van der Waals surface area (Å²) in [6.07, 6.45) is -26.2. The molecule has 0 saturated carbocycles. The molecule has 4 heterocycles. The van der Waals surface area contributed by atoms with Crippen molar-refractivity contribution in [2.45, 2.75) is 200 Å². The minimum absolute atomic E-state index is 0.0279. The molecule has 20 atom stereocenters. The van der Waals surface area contributed by atoms with E-state index < -0.39 is 167 Å². The quantitative estimate of drug-likeness (QED) is 0.0253. The number of rotatable bonds is 40. The van der Waals surface area contributed by atoms with Crippen LogP contribution in [0.2, 0.25) is 0 Å². The van der Waals surface area contributed by atoms with Gasteiger partial charge in [0.2, 0.25) is 35.4 Å². The number of hydrogen-bond acceptors (Lipinski definition) is 29. The van der Waals surface area contributed by atoms with E-state index in [4.69, 9.17) is 37.9 Å². The Bertz CT molecular complexity index is 1940. The maximum absolute atomic E-state index is 13.0. The van der Waals surface area contributed by atoms with Crippen LogP contribution < -0.4 is 31.9 Å². The molecule has 35 nitrogen and oxygen atoms in total. The molecule has 0 radical (unpaired) electrons. The van der Waals surface area contributed by atoms with Crippen LogP contribution >= 0.6 is 0 Å². The maximum Gasteiger partial charge on any atom is 0.234 e. The Morgan fingerprint density at radius 3 is 0.943 bits per heavy atom. The zero-order chi connectivity index (χ0) is 64.9. The summed E-state index contributed by atoms with van der Waals surface area (Å²) < 4.78 is 43.5. The summed E-state index contributed by atoms with van der Waals surface area (Å²) in [5.74, 6) is -2.08. The van der Waals surface area contributed by atoms with Crippen molar-refractivity contribution in [3.8, 4) is 0 Å². The van der Waals surface area contributed by atoms with Gasteiger partial charge in [-0.2, -0.15) is 0 Å². The summed E-state index contributed by atoms with van der Waals surface area (Å²) in [4.78, 5) is 76.9. The molecule has 35 heteroatoms. The molecule has 510 valence electrons. The van der Waals surface area contributed by atoms with E-state index in [9.17, 15) is 100 Å². The first-order valence-corrected chi connectivity index (χ1v) is 29.7. The Kier molecular flexibility index (Phi) is 35.3. The van der Waals surface area contributed by atoms with E-state index in [-0.39, 0.29) is 89.6 Å². The normalized spacial score (nSPS) is 32.5. The van der Waals surface area contributed by atoms with Gasteiger partial charge in [0, 0.05) is 59.0 Å². The number of carbonyl (C=O) groups is 6. The Hall–Kier alpha value is -4.10. The van der Waals surface area contributed by atoms with Crippen molar-refractivity contribution in [3.63, 3.8) is 0 Å². The van der Waals surface area contributed by atoms with E-state index in [0.29, 0.717) is 70.8 Å². The van der Waals surface area contributed by atoms with Crippen molar-refractivity contribution >= 4 is 35.4 Å². The predicted octanol–water partition coefficient (Wildman–Crippen LogP) is -10.4. The van der Waals surface area contributed by atoms with Crippen LogP contribution in [0, 0.1) is 0 Å². The Balaban J connectivity index is 1.09. The number of amides is 6. The number of unbranched alkanes of at least 4 members (excludes halogenated alkanes) is 6. The lowest BCUT2D eigenvalue weighted by atomic mass is 9.98. The summed E-state index contributed by atoms with van der Waals surface area (Å²) in [6, 6.07) is 0. The monoisotopic (exact) mass is 1280 g/mol. The van der Waals surface area contributed by atoms with Crippen molar-refractivity contribution in [2.24, 2.45) is 0 Å². The second-order valence-corrected chi connectivity index (χ2v) is 21.8. The molecule has 0 spiro atoms. The van der Waals surface area contributed by atoms with Gasteiger partial charge in [-0.1, -0.05) is 19.3 Å². The fraction of sp³-hybridized carbons (Fsp3) is 0.887. The van der Waals surface area contributed by atoms with Gasteiger partial charge in [0.25, 0.3) is 0 Å². The van der Waals surface area contributed by atoms with Crippen LogP contribution in [0.4, 0.5) is 0 Å². The molecule has 4 rings (SSSR count). The maximum atomic E-state index is 13.0. The summed E-state index contributed by atoms with van der Waals surface area (Å²) in [5.41, 5.74) is 0. The van der Waals surface area contributed by atoms with Crippen molar-refractivity contribution in [1.29, 1.82) is 0 Å². The smallest absolute Gasteiger partial charge is 0.234 e. The first kappa shape index (κ1) is 76.4. The van der Waals surface area contributed by atoms with Crippen LogP contribution in [0.25, 0.3) is 0 Å². The van der Waals surface area contributed by atoms with Crippen LogP contribution in [0.5, 0.6) is 0 Å². The van der Waals surface area contributed by atoms with E-state index in [1.165, 1.54) is 4.90 Å². The molecule has 0 bridgehead atoms. The number of aliphatic hydroxyl groups excluding tert-OH is 14. The van der Waals surface area contributed by atoms with Crippen molar-refractivity contribution < 1.29 is 138 Å². The fourth-order valence-electron chi connectivity index (χ4n) is 9.60. The summed E-state index contributed by atoms with van der Waals surface area (Å²) in [6.45, 7) is -2.99. The zero-order valence-corrected chi connectivity index (χ0v) is 49.4. The average molecular weight is 1280 g/mol. The predicted molar refractivity (Wildman–Crippen MR) is 296 cm³/mol. The minimum atomic E-state index is -1.75. The molecule has 4 aliphatic heterocycles. The highest BCUT2D eigenvalue weighted by Crippen LogP contribution is 2.28. The van der Waals surface area contributed by atoms with Gasteiger partial charge in [0.15, 0.2) is 25.2 Å². The van der Waals surface area contributed by atoms with Gasteiger partial charge in [-0.25, -0.2) is 0 Å². The van der Waals surface area contributed by atoms with Crippen molar-refractivity contribution in [1.82, 2.24) is 36.8 Å². The van der Waals surface area contributed by atoms with E-state index in [1.807, 2.05) is 0 Å². The summed E-state index contributed by atoms with van der Waals surface area (Å²) >= 11 is 0. The second-order valence-electron chi connectivity index (χ2n) is 21.8. The SMILES string of the molecule is CNC(=O)CCCCCNC(=O)CN(CC(=O)NCCCCCC(=O)NCCOC1OC(COC2OC(CO)C(O)C(O)C2O)C(O)C(O)C1O)CC(=O)NCCCCCC(=O)NCCOC1OC(COC2OC(CO)C(O)C(O)C2O)C(O)C(O)C1O. The van der Waals surface area contributed by atoms with Crippen LogP contribution in [-0.2, 0) is 66.7 Å². The lowest BCUT2D eigenvalue weighted by molar-refractivity contribution is -0.330.